The molecule has 1 N–H and O–H groups in total. The Bertz CT molecular complexity index is 381. The molecule has 0 aliphatic carbocycles. The average molecular weight is 224 g/mol. The van der Waals surface area contributed by atoms with Crippen LogP contribution in [-0.4, -0.2) is 11.0 Å². The van der Waals surface area contributed by atoms with Crippen LogP contribution < -0.4 is 5.32 Å². The lowest BCUT2D eigenvalue weighted by Gasteiger charge is -2.08. The van der Waals surface area contributed by atoms with Gasteiger partial charge in [-0.1, -0.05) is 11.3 Å². The van der Waals surface area contributed by atoms with Gasteiger partial charge in [0.25, 0.3) is 0 Å². The molecule has 1 heterocycles. The highest BCUT2D eigenvalue weighted by atomic mass is 32.1. The van der Waals surface area contributed by atoms with Crippen molar-refractivity contribution in [3.63, 3.8) is 0 Å². The van der Waals surface area contributed by atoms with Crippen molar-refractivity contribution < 1.29 is 4.92 Å². The van der Waals surface area contributed by atoms with E-state index < -0.39 is 0 Å². The smallest absolute Gasteiger partial charge is 0.309 e. The van der Waals surface area contributed by atoms with E-state index in [1.807, 2.05) is 6.92 Å². The van der Waals surface area contributed by atoms with E-state index in [1.54, 1.807) is 11.4 Å². The Balaban J connectivity index is 2.45. The van der Waals surface area contributed by atoms with E-state index in [-0.39, 0.29) is 16.0 Å². The highest BCUT2D eigenvalue weighted by molar-refractivity contribution is 7.13. The molecule has 1 unspecified atom stereocenters. The summed E-state index contributed by atoms with van der Waals surface area (Å²) >= 11 is 1.14. The van der Waals surface area contributed by atoms with Crippen molar-refractivity contribution in [1.29, 1.82) is 0 Å². The molecule has 0 amide bonds. The van der Waals surface area contributed by atoms with Gasteiger partial charge in [0.2, 0.25) is 0 Å². The van der Waals surface area contributed by atoms with Gasteiger partial charge in [-0.15, -0.1) is 12.3 Å². The fourth-order valence-corrected chi connectivity index (χ4v) is 1.82. The summed E-state index contributed by atoms with van der Waals surface area (Å²) in [7, 11) is 0. The molecule has 0 spiro atoms. The van der Waals surface area contributed by atoms with E-state index in [4.69, 9.17) is 6.42 Å². The molecule has 0 bridgehead atoms. The first-order chi connectivity index (χ1) is 7.13. The lowest BCUT2D eigenvalue weighted by atomic mass is 10.2. The minimum atomic E-state index is -0.376. The summed E-state index contributed by atoms with van der Waals surface area (Å²) in [5.74, 6) is 2.56. The first-order valence-corrected chi connectivity index (χ1v) is 5.40. The fourth-order valence-electron chi connectivity index (χ4n) is 1.09. The molecular weight excluding hydrogens is 212 g/mol. The largest absolute Gasteiger partial charge is 0.324 e. The van der Waals surface area contributed by atoms with Crippen molar-refractivity contribution in [1.82, 2.24) is 5.32 Å². The van der Waals surface area contributed by atoms with Gasteiger partial charge in [0, 0.05) is 30.5 Å². The second-order valence-electron chi connectivity index (χ2n) is 3.24. The van der Waals surface area contributed by atoms with Crippen molar-refractivity contribution in [3.05, 3.63) is 27.1 Å². The Morgan fingerprint density at radius 3 is 3.07 bits per heavy atom. The normalized spacial score (nSPS) is 12.0. The molecular formula is C10H12N2O2S. The number of thiophene rings is 1. The zero-order chi connectivity index (χ0) is 11.3. The van der Waals surface area contributed by atoms with E-state index in [1.165, 1.54) is 0 Å². The van der Waals surface area contributed by atoms with Crippen molar-refractivity contribution in [3.8, 4) is 12.3 Å². The van der Waals surface area contributed by atoms with E-state index >= 15 is 0 Å². The van der Waals surface area contributed by atoms with Gasteiger partial charge in [-0.3, -0.25) is 10.1 Å². The molecule has 0 aliphatic rings. The van der Waals surface area contributed by atoms with Gasteiger partial charge in [-0.05, 0) is 12.5 Å². The quantitative estimate of drug-likeness (QED) is 0.473. The van der Waals surface area contributed by atoms with Gasteiger partial charge in [0.1, 0.15) is 0 Å². The second-order valence-corrected chi connectivity index (χ2v) is 4.13. The summed E-state index contributed by atoms with van der Waals surface area (Å²) < 4.78 is 0. The summed E-state index contributed by atoms with van der Waals surface area (Å²) in [5, 5.41) is 15.6. The monoisotopic (exact) mass is 224 g/mol. The van der Waals surface area contributed by atoms with Gasteiger partial charge in [-0.2, -0.15) is 0 Å². The summed E-state index contributed by atoms with van der Waals surface area (Å²) in [6.45, 7) is 2.60. The topological polar surface area (TPSA) is 55.2 Å². The molecule has 0 saturated carbocycles. The number of nitrogens with one attached hydrogen (secondary N) is 1. The SMILES string of the molecule is C#CCC(C)NCc1csc([N+](=O)[O-])c1. The first-order valence-electron chi connectivity index (χ1n) is 4.52. The van der Waals surface area contributed by atoms with Crippen LogP contribution in [0.3, 0.4) is 0 Å². The zero-order valence-corrected chi connectivity index (χ0v) is 9.21. The molecule has 15 heavy (non-hydrogen) atoms. The van der Waals surface area contributed by atoms with Gasteiger partial charge in [-0.25, -0.2) is 0 Å². The Morgan fingerprint density at radius 1 is 1.80 bits per heavy atom. The fraction of sp³-hybridized carbons (Fsp3) is 0.400. The molecule has 0 aliphatic heterocycles. The highest BCUT2D eigenvalue weighted by Gasteiger charge is 2.09. The Kier molecular flexibility index (Phi) is 4.28. The maximum atomic E-state index is 10.4. The van der Waals surface area contributed by atoms with Crippen molar-refractivity contribution in [2.45, 2.75) is 25.9 Å². The van der Waals surface area contributed by atoms with Crippen LogP contribution in [0.5, 0.6) is 0 Å². The third-order valence-electron chi connectivity index (χ3n) is 1.90. The highest BCUT2D eigenvalue weighted by Crippen LogP contribution is 2.22. The van der Waals surface area contributed by atoms with Crippen LogP contribution in [0.2, 0.25) is 0 Å². The molecule has 1 rings (SSSR count). The maximum Gasteiger partial charge on any atom is 0.324 e. The number of terminal acetylenes is 1. The second kappa shape index (κ2) is 5.49. The van der Waals surface area contributed by atoms with Crippen molar-refractivity contribution in [2.75, 3.05) is 0 Å². The van der Waals surface area contributed by atoms with Crippen LogP contribution in [0, 0.1) is 22.5 Å². The van der Waals surface area contributed by atoms with Gasteiger partial charge >= 0.3 is 5.00 Å². The predicted molar refractivity (Wildman–Crippen MR) is 60.7 cm³/mol. The molecule has 80 valence electrons. The van der Waals surface area contributed by atoms with Gasteiger partial charge in [0.15, 0.2) is 0 Å². The molecule has 1 aromatic rings. The Morgan fingerprint density at radius 2 is 2.53 bits per heavy atom. The van der Waals surface area contributed by atoms with Crippen LogP contribution in [-0.2, 0) is 6.54 Å². The molecule has 0 saturated heterocycles. The summed E-state index contributed by atoms with van der Waals surface area (Å²) in [6.07, 6.45) is 5.82. The Hall–Kier alpha value is -1.38. The van der Waals surface area contributed by atoms with Crippen LogP contribution in [0.1, 0.15) is 18.9 Å². The van der Waals surface area contributed by atoms with E-state index in [0.29, 0.717) is 13.0 Å². The predicted octanol–water partition coefficient (Wildman–Crippen LogP) is 2.16. The number of nitrogens with zero attached hydrogens (tertiary/aromatic N) is 1. The van der Waals surface area contributed by atoms with Crippen LogP contribution in [0.15, 0.2) is 11.4 Å². The van der Waals surface area contributed by atoms with Crippen LogP contribution in [0.25, 0.3) is 0 Å². The van der Waals surface area contributed by atoms with Gasteiger partial charge in [0.05, 0.1) is 4.92 Å². The number of nitro groups is 1. The molecule has 0 fully saturated rings. The maximum absolute atomic E-state index is 10.4. The Labute approximate surface area is 92.5 Å². The third kappa shape index (κ3) is 3.70. The summed E-state index contributed by atoms with van der Waals surface area (Å²) in [5.41, 5.74) is 0.926. The first kappa shape index (κ1) is 11.7. The lowest BCUT2D eigenvalue weighted by Crippen LogP contribution is -2.24. The number of hydrogen-bond donors (Lipinski definition) is 1. The van der Waals surface area contributed by atoms with Crippen molar-refractivity contribution in [2.24, 2.45) is 0 Å². The van der Waals surface area contributed by atoms with E-state index in [0.717, 1.165) is 16.9 Å². The van der Waals surface area contributed by atoms with E-state index in [2.05, 4.69) is 11.2 Å². The zero-order valence-electron chi connectivity index (χ0n) is 8.40. The standard InChI is InChI=1S/C10H12N2O2S/c1-3-4-8(2)11-6-9-5-10(12(13)14)15-7-9/h1,5,7-8,11H,4,6H2,2H3. The lowest BCUT2D eigenvalue weighted by molar-refractivity contribution is -0.380. The molecule has 4 nitrogen and oxygen atoms in total. The summed E-state index contributed by atoms with van der Waals surface area (Å²) in [6, 6.07) is 1.81. The summed E-state index contributed by atoms with van der Waals surface area (Å²) in [4.78, 5) is 10.0. The van der Waals surface area contributed by atoms with E-state index in [9.17, 15) is 10.1 Å². The molecule has 1 atom stereocenters. The minimum absolute atomic E-state index is 0.177. The number of hydrogen-bond acceptors (Lipinski definition) is 4. The van der Waals surface area contributed by atoms with Crippen LogP contribution >= 0.6 is 11.3 Å². The van der Waals surface area contributed by atoms with Crippen molar-refractivity contribution >= 4 is 16.3 Å². The molecule has 0 radical (unpaired) electrons. The third-order valence-corrected chi connectivity index (χ3v) is 2.83. The molecule has 0 aromatic carbocycles. The minimum Gasteiger partial charge on any atom is -0.309 e. The average Bonchev–Trinajstić information content (AvgIpc) is 2.63. The van der Waals surface area contributed by atoms with Gasteiger partial charge < -0.3 is 5.32 Å². The molecule has 5 heteroatoms. The molecule has 1 aromatic heterocycles. The van der Waals surface area contributed by atoms with Crippen LogP contribution in [0.4, 0.5) is 5.00 Å². The number of rotatable bonds is 5.